The van der Waals surface area contributed by atoms with Gasteiger partial charge in [-0.2, -0.15) is 0 Å². The first-order valence-corrected chi connectivity index (χ1v) is 14.3. The molecule has 0 radical (unpaired) electrons. The molecule has 10 heteroatoms. The summed E-state index contributed by atoms with van der Waals surface area (Å²) in [5.74, 6) is 0.694. The number of piperazine rings is 1. The van der Waals surface area contributed by atoms with Gasteiger partial charge >= 0.3 is 12.2 Å². The van der Waals surface area contributed by atoms with Crippen LogP contribution in [0.3, 0.4) is 0 Å². The molecule has 0 aliphatic carbocycles. The Morgan fingerprint density at radius 3 is 2.10 bits per heavy atom. The van der Waals surface area contributed by atoms with Gasteiger partial charge in [-0.3, -0.25) is 5.32 Å². The number of carbonyl (C=O) groups excluding carboxylic acids is 2. The van der Waals surface area contributed by atoms with Crippen molar-refractivity contribution >= 4 is 29.7 Å². The lowest BCUT2D eigenvalue weighted by atomic mass is 9.81. The highest BCUT2D eigenvalue weighted by molar-refractivity contribution is 5.99. The number of allylic oxidation sites excluding steroid dienone is 1. The molecular formula is C32H46N6O4. The average Bonchev–Trinajstić information content (AvgIpc) is 2.85. The van der Waals surface area contributed by atoms with Gasteiger partial charge in [-0.25, -0.2) is 19.6 Å². The largest absolute Gasteiger partial charge is 0.444 e. The smallest absolute Gasteiger partial charge is 0.437 e. The van der Waals surface area contributed by atoms with Crippen LogP contribution >= 0.6 is 0 Å². The van der Waals surface area contributed by atoms with Crippen molar-refractivity contribution in [3.8, 4) is 11.3 Å². The SMILES string of the molecule is C=C(C)c1ccc(-c2ccnc(N3CCN(C(=NC(=O)OC(C)(C)C)NC(=O)OC(C)(C)C)CC3)n2)cc1C(C)(C)C. The Bertz CT molecular complexity index is 1340. The zero-order chi connectivity index (χ0) is 31.5. The van der Waals surface area contributed by atoms with Crippen LogP contribution in [-0.4, -0.2) is 70.4 Å². The molecule has 0 atom stereocenters. The molecule has 1 aliphatic rings. The minimum absolute atomic E-state index is 0.0532. The lowest BCUT2D eigenvalue weighted by molar-refractivity contribution is 0.0554. The Balaban J connectivity index is 1.80. The summed E-state index contributed by atoms with van der Waals surface area (Å²) in [4.78, 5) is 42.5. The molecule has 10 nitrogen and oxygen atoms in total. The summed E-state index contributed by atoms with van der Waals surface area (Å²) in [6.45, 7) is 25.4. The number of rotatable bonds is 3. The summed E-state index contributed by atoms with van der Waals surface area (Å²) in [7, 11) is 0. The molecule has 0 unspecified atom stereocenters. The van der Waals surface area contributed by atoms with Gasteiger partial charge < -0.3 is 19.3 Å². The predicted octanol–water partition coefficient (Wildman–Crippen LogP) is 6.41. The van der Waals surface area contributed by atoms with Crippen LogP contribution < -0.4 is 10.2 Å². The summed E-state index contributed by atoms with van der Waals surface area (Å²) in [6.07, 6.45) is 0.280. The van der Waals surface area contributed by atoms with E-state index in [1.54, 1.807) is 47.7 Å². The number of guanidine groups is 1. The predicted molar refractivity (Wildman–Crippen MR) is 168 cm³/mol. The highest BCUT2D eigenvalue weighted by Crippen LogP contribution is 2.33. The molecule has 1 saturated heterocycles. The van der Waals surface area contributed by atoms with Crippen LogP contribution in [-0.2, 0) is 14.9 Å². The first-order chi connectivity index (χ1) is 19.3. The normalized spacial score (nSPS) is 14.9. The molecule has 2 heterocycles. The lowest BCUT2D eigenvalue weighted by Gasteiger charge is -2.36. The fourth-order valence-electron chi connectivity index (χ4n) is 4.42. The molecule has 0 bridgehead atoms. The van der Waals surface area contributed by atoms with Crippen molar-refractivity contribution in [3.63, 3.8) is 0 Å². The minimum Gasteiger partial charge on any atom is -0.444 e. The van der Waals surface area contributed by atoms with E-state index in [0.717, 1.165) is 22.4 Å². The summed E-state index contributed by atoms with van der Waals surface area (Å²) >= 11 is 0. The molecule has 0 spiro atoms. The second kappa shape index (κ2) is 12.5. The highest BCUT2D eigenvalue weighted by Gasteiger charge is 2.27. The van der Waals surface area contributed by atoms with E-state index in [0.29, 0.717) is 32.1 Å². The van der Waals surface area contributed by atoms with Crippen molar-refractivity contribution in [2.75, 3.05) is 31.1 Å². The van der Waals surface area contributed by atoms with Crippen molar-refractivity contribution in [1.82, 2.24) is 20.2 Å². The second-order valence-electron chi connectivity index (χ2n) is 13.5. The van der Waals surface area contributed by atoms with Crippen LogP contribution in [0.15, 0.2) is 42.0 Å². The number of amides is 2. The Morgan fingerprint density at radius 2 is 1.55 bits per heavy atom. The van der Waals surface area contributed by atoms with Gasteiger partial charge in [-0.15, -0.1) is 4.99 Å². The summed E-state index contributed by atoms with van der Waals surface area (Å²) < 4.78 is 10.7. The fourth-order valence-corrected chi connectivity index (χ4v) is 4.42. The maximum atomic E-state index is 12.6. The summed E-state index contributed by atoms with van der Waals surface area (Å²) in [5, 5.41) is 2.63. The van der Waals surface area contributed by atoms with Crippen LogP contribution in [0.25, 0.3) is 16.8 Å². The zero-order valence-electron chi connectivity index (χ0n) is 26.8. The molecule has 3 rings (SSSR count). The molecule has 0 saturated carbocycles. The molecule has 2 aromatic rings. The number of nitrogens with one attached hydrogen (secondary N) is 1. The van der Waals surface area contributed by atoms with Crippen LogP contribution in [0, 0.1) is 0 Å². The molecule has 1 aromatic carbocycles. The first-order valence-electron chi connectivity index (χ1n) is 14.3. The number of nitrogens with zero attached hydrogens (tertiary/aromatic N) is 5. The minimum atomic E-state index is -0.792. The summed E-state index contributed by atoms with van der Waals surface area (Å²) in [6, 6.07) is 8.29. The number of benzene rings is 1. The molecule has 1 fully saturated rings. The van der Waals surface area contributed by atoms with E-state index in [2.05, 4.69) is 65.7 Å². The average molecular weight is 579 g/mol. The summed E-state index contributed by atoms with van der Waals surface area (Å²) in [5.41, 5.74) is 3.76. The van der Waals surface area contributed by atoms with Gasteiger partial charge in [0.05, 0.1) is 5.69 Å². The maximum Gasteiger partial charge on any atom is 0.437 e. The second-order valence-corrected chi connectivity index (χ2v) is 13.5. The Morgan fingerprint density at radius 1 is 0.929 bits per heavy atom. The highest BCUT2D eigenvalue weighted by atomic mass is 16.6. The van der Waals surface area contributed by atoms with E-state index in [1.165, 1.54) is 5.56 Å². The van der Waals surface area contributed by atoms with Crippen LogP contribution in [0.1, 0.15) is 80.4 Å². The number of carbonyl (C=O) groups is 2. The third-order valence-electron chi connectivity index (χ3n) is 6.29. The topological polar surface area (TPSA) is 109 Å². The third-order valence-corrected chi connectivity index (χ3v) is 6.29. The Kier molecular flexibility index (Phi) is 9.70. The number of ether oxygens (including phenoxy) is 2. The van der Waals surface area contributed by atoms with Crippen molar-refractivity contribution in [2.45, 2.75) is 85.9 Å². The molecule has 2 amide bonds. The Hall–Kier alpha value is -3.95. The van der Waals surface area contributed by atoms with Crippen LogP contribution in [0.4, 0.5) is 15.5 Å². The number of alkyl carbamates (subject to hydrolysis) is 1. The van der Waals surface area contributed by atoms with E-state index in [-0.39, 0.29) is 11.4 Å². The first kappa shape index (κ1) is 32.6. The monoisotopic (exact) mass is 578 g/mol. The fraction of sp³-hybridized carbons (Fsp3) is 0.531. The van der Waals surface area contributed by atoms with Gasteiger partial charge in [-0.1, -0.05) is 45.1 Å². The molecule has 1 aromatic heterocycles. The number of aromatic nitrogens is 2. The molecule has 228 valence electrons. The standard InChI is InChI=1S/C32H46N6O4/c1-21(2)23-13-12-22(20-24(23)30(3,4)5)25-14-15-33-26(34-25)37-16-18-38(19-17-37)27(35-28(39)41-31(6,7)8)36-29(40)42-32(9,10)11/h12-15,20H,1,16-19H2,2-11H3,(H,35,36,39,40). The van der Waals surface area contributed by atoms with Gasteiger partial charge in [0, 0.05) is 37.9 Å². The van der Waals surface area contributed by atoms with Crippen LogP contribution in [0.5, 0.6) is 0 Å². The molecular weight excluding hydrogens is 532 g/mol. The lowest BCUT2D eigenvalue weighted by Crippen LogP contribution is -2.54. The van der Waals surface area contributed by atoms with Gasteiger partial charge in [0.15, 0.2) is 0 Å². The molecule has 1 aliphatic heterocycles. The van der Waals surface area contributed by atoms with Crippen molar-refractivity contribution in [1.29, 1.82) is 0 Å². The maximum absolute atomic E-state index is 12.6. The molecule has 42 heavy (non-hydrogen) atoms. The van der Waals surface area contributed by atoms with E-state index in [1.807, 2.05) is 17.9 Å². The van der Waals surface area contributed by atoms with E-state index < -0.39 is 23.4 Å². The van der Waals surface area contributed by atoms with E-state index in [4.69, 9.17) is 14.5 Å². The van der Waals surface area contributed by atoms with Gasteiger partial charge in [0.1, 0.15) is 11.2 Å². The quantitative estimate of drug-likeness (QED) is 0.329. The number of aliphatic imine (C=N–C) groups is 1. The Labute approximate surface area is 250 Å². The number of anilines is 1. The van der Waals surface area contributed by atoms with Crippen LogP contribution in [0.2, 0.25) is 0 Å². The van der Waals surface area contributed by atoms with Crippen molar-refractivity contribution in [2.24, 2.45) is 4.99 Å². The zero-order valence-corrected chi connectivity index (χ0v) is 26.8. The molecule has 1 N–H and O–H groups in total. The van der Waals surface area contributed by atoms with Crippen molar-refractivity contribution in [3.05, 3.63) is 48.2 Å². The van der Waals surface area contributed by atoms with E-state index in [9.17, 15) is 9.59 Å². The van der Waals surface area contributed by atoms with Crippen molar-refractivity contribution < 1.29 is 19.1 Å². The van der Waals surface area contributed by atoms with E-state index >= 15 is 0 Å². The van der Waals surface area contributed by atoms with Gasteiger partial charge in [0.25, 0.3) is 0 Å². The van der Waals surface area contributed by atoms with Gasteiger partial charge in [-0.05, 0) is 77.1 Å². The third kappa shape index (κ3) is 9.29. The number of hydrogen-bond donors (Lipinski definition) is 1. The van der Waals surface area contributed by atoms with Gasteiger partial charge in [0.2, 0.25) is 11.9 Å². The number of hydrogen-bond acceptors (Lipinski definition) is 7.